The van der Waals surface area contributed by atoms with Crippen LogP contribution in [0.1, 0.15) is 27.9 Å². The van der Waals surface area contributed by atoms with Crippen LogP contribution in [0.4, 0.5) is 0 Å². The number of amides is 2. The highest BCUT2D eigenvalue weighted by atomic mass is 16.5. The normalized spacial score (nSPS) is 26.1. The van der Waals surface area contributed by atoms with E-state index in [4.69, 9.17) is 9.84 Å². The Hall–Kier alpha value is -3.74. The third kappa shape index (κ3) is 3.42. The van der Waals surface area contributed by atoms with E-state index in [1.807, 2.05) is 0 Å². The van der Waals surface area contributed by atoms with Gasteiger partial charge < -0.3 is 9.84 Å². The highest BCUT2D eigenvalue weighted by Crippen LogP contribution is 2.52. The zero-order chi connectivity index (χ0) is 21.5. The average molecular weight is 416 g/mol. The highest BCUT2D eigenvalue weighted by molar-refractivity contribution is 6.06. The topological polar surface area (TPSA) is 96.3 Å². The minimum absolute atomic E-state index is 0.166. The smallest absolute Gasteiger partial charge is 0.335 e. The number of imide groups is 1. The van der Waals surface area contributed by atoms with E-state index in [0.717, 1.165) is 22.6 Å². The molecule has 1 aliphatic heterocycles. The fourth-order valence-electron chi connectivity index (χ4n) is 4.74. The Kier molecular flexibility index (Phi) is 4.66. The molecule has 4 atom stereocenters. The number of aromatic carboxylic acids is 1. The molecular weight excluding hydrogens is 396 g/mol. The van der Waals surface area contributed by atoms with E-state index in [1.54, 1.807) is 42.5 Å². The number of carbonyl (C=O) groups excluding carboxylic acids is 2. The summed E-state index contributed by atoms with van der Waals surface area (Å²) < 4.78 is 5.71. The first-order valence-corrected chi connectivity index (χ1v) is 10.2. The summed E-state index contributed by atoms with van der Waals surface area (Å²) in [7, 11) is 0. The number of hydrazone groups is 1. The van der Waals surface area contributed by atoms with Crippen molar-refractivity contribution in [2.75, 3.05) is 0 Å². The molecule has 2 amide bonds. The Balaban J connectivity index is 1.21. The van der Waals surface area contributed by atoms with Gasteiger partial charge in [-0.2, -0.15) is 10.1 Å². The fraction of sp³-hybridized carbons (Fsp3) is 0.250. The van der Waals surface area contributed by atoms with E-state index in [-0.39, 0.29) is 47.7 Å². The van der Waals surface area contributed by atoms with Crippen molar-refractivity contribution in [3.63, 3.8) is 0 Å². The van der Waals surface area contributed by atoms with Crippen molar-refractivity contribution in [3.05, 3.63) is 77.4 Å². The minimum Gasteiger partial charge on any atom is -0.489 e. The molecule has 1 heterocycles. The maximum absolute atomic E-state index is 12.6. The molecule has 2 aromatic carbocycles. The second-order valence-electron chi connectivity index (χ2n) is 8.10. The number of ether oxygens (including phenoxy) is 1. The molecule has 5 rings (SSSR count). The first-order chi connectivity index (χ1) is 15.0. The van der Waals surface area contributed by atoms with Crippen molar-refractivity contribution in [1.29, 1.82) is 0 Å². The van der Waals surface area contributed by atoms with Gasteiger partial charge in [0.1, 0.15) is 12.4 Å². The Morgan fingerprint density at radius 2 is 1.74 bits per heavy atom. The maximum atomic E-state index is 12.6. The van der Waals surface area contributed by atoms with Crippen LogP contribution in [0.15, 0.2) is 65.8 Å². The zero-order valence-electron chi connectivity index (χ0n) is 16.5. The lowest BCUT2D eigenvalue weighted by molar-refractivity contribution is -0.140. The maximum Gasteiger partial charge on any atom is 0.335 e. The molecule has 0 radical (unpaired) electrons. The molecular formula is C24H20N2O5. The molecule has 1 N–H and O–H groups in total. The molecule has 7 heteroatoms. The number of carbonyl (C=O) groups is 3. The average Bonchev–Trinajstić information content (AvgIpc) is 3.46. The molecule has 0 unspecified atom stereocenters. The Morgan fingerprint density at radius 1 is 1.06 bits per heavy atom. The first kappa shape index (κ1) is 19.2. The lowest BCUT2D eigenvalue weighted by atomic mass is 9.85. The number of carboxylic acid groups (broad SMARTS) is 1. The number of carboxylic acids is 1. The molecule has 31 heavy (non-hydrogen) atoms. The summed E-state index contributed by atoms with van der Waals surface area (Å²) in [6.07, 6.45) is 6.51. The van der Waals surface area contributed by atoms with Crippen LogP contribution in [0.5, 0.6) is 5.75 Å². The second-order valence-corrected chi connectivity index (χ2v) is 8.10. The molecule has 2 fully saturated rings. The van der Waals surface area contributed by atoms with Gasteiger partial charge in [0.05, 0.1) is 23.6 Å². The van der Waals surface area contributed by atoms with Gasteiger partial charge in [-0.1, -0.05) is 24.3 Å². The number of nitrogens with zero attached hydrogens (tertiary/aromatic N) is 2. The lowest BCUT2D eigenvalue weighted by Gasteiger charge is -2.13. The minimum atomic E-state index is -0.979. The Bertz CT molecular complexity index is 1090. The van der Waals surface area contributed by atoms with E-state index in [1.165, 1.54) is 12.3 Å². The molecule has 7 nitrogen and oxygen atoms in total. The van der Waals surface area contributed by atoms with Gasteiger partial charge in [-0.25, -0.2) is 4.79 Å². The van der Waals surface area contributed by atoms with Gasteiger partial charge in [0, 0.05) is 0 Å². The van der Waals surface area contributed by atoms with Crippen LogP contribution >= 0.6 is 0 Å². The Morgan fingerprint density at radius 3 is 2.39 bits per heavy atom. The van der Waals surface area contributed by atoms with Crippen LogP contribution in [0.25, 0.3) is 0 Å². The number of allylic oxidation sites excluding steroid dienone is 2. The predicted molar refractivity (Wildman–Crippen MR) is 111 cm³/mol. The SMILES string of the molecule is O=C(O)c1cccc(COc2ccc(C=NN3C(=O)[C@@H]4[C@H](C3=O)[C@H]3C=C[C@H]4C3)cc2)c1. The van der Waals surface area contributed by atoms with Crippen LogP contribution in [0.3, 0.4) is 0 Å². The summed E-state index contributed by atoms with van der Waals surface area (Å²) in [4.78, 5) is 36.4. The predicted octanol–water partition coefficient (Wildman–Crippen LogP) is 3.10. The van der Waals surface area contributed by atoms with Crippen molar-refractivity contribution in [2.24, 2.45) is 28.8 Å². The van der Waals surface area contributed by atoms with Crippen molar-refractivity contribution in [2.45, 2.75) is 13.0 Å². The quantitative estimate of drug-likeness (QED) is 0.443. The van der Waals surface area contributed by atoms with E-state index in [2.05, 4.69) is 17.3 Å². The summed E-state index contributed by atoms with van der Waals surface area (Å²) in [5, 5.41) is 14.3. The summed E-state index contributed by atoms with van der Waals surface area (Å²) in [6, 6.07) is 13.7. The van der Waals surface area contributed by atoms with E-state index in [0.29, 0.717) is 5.75 Å². The third-order valence-electron chi connectivity index (χ3n) is 6.23. The number of hydrogen-bond acceptors (Lipinski definition) is 5. The molecule has 156 valence electrons. The van der Waals surface area contributed by atoms with Crippen LogP contribution in [0.2, 0.25) is 0 Å². The second kappa shape index (κ2) is 7.50. The standard InChI is InChI=1S/C24H20N2O5/c27-22-20-16-6-7-17(11-16)21(20)23(28)26(22)25-12-14-4-8-19(9-5-14)31-13-15-2-1-3-18(10-15)24(29)30/h1-10,12,16-17,20-21H,11,13H2,(H,29,30)/t16-,17-,20-,21+/m0/s1. The molecule has 2 bridgehead atoms. The van der Waals surface area contributed by atoms with E-state index >= 15 is 0 Å². The monoisotopic (exact) mass is 416 g/mol. The highest BCUT2D eigenvalue weighted by Gasteiger charge is 2.59. The van der Waals surface area contributed by atoms with Gasteiger partial charge in [0.15, 0.2) is 0 Å². The molecule has 0 aromatic heterocycles. The number of rotatable bonds is 6. The van der Waals surface area contributed by atoms with Gasteiger partial charge in [0.25, 0.3) is 11.8 Å². The van der Waals surface area contributed by atoms with Crippen molar-refractivity contribution in [1.82, 2.24) is 5.01 Å². The van der Waals surface area contributed by atoms with Crippen molar-refractivity contribution >= 4 is 24.0 Å². The van der Waals surface area contributed by atoms with Crippen molar-refractivity contribution in [3.8, 4) is 5.75 Å². The van der Waals surface area contributed by atoms with Gasteiger partial charge in [-0.15, -0.1) is 0 Å². The molecule has 0 spiro atoms. The van der Waals surface area contributed by atoms with E-state index < -0.39 is 5.97 Å². The largest absolute Gasteiger partial charge is 0.489 e. The number of hydrogen-bond donors (Lipinski definition) is 1. The van der Waals surface area contributed by atoms with Crippen LogP contribution in [-0.2, 0) is 16.2 Å². The number of benzene rings is 2. The first-order valence-electron chi connectivity index (χ1n) is 10.2. The molecule has 2 aliphatic carbocycles. The molecule has 1 saturated carbocycles. The summed E-state index contributed by atoms with van der Waals surface area (Å²) in [5.74, 6) is -0.946. The Labute approximate surface area is 178 Å². The van der Waals surface area contributed by atoms with E-state index in [9.17, 15) is 14.4 Å². The molecule has 3 aliphatic rings. The lowest BCUT2D eigenvalue weighted by Crippen LogP contribution is -2.28. The molecule has 2 aromatic rings. The van der Waals surface area contributed by atoms with Gasteiger partial charge >= 0.3 is 5.97 Å². The van der Waals surface area contributed by atoms with Crippen molar-refractivity contribution < 1.29 is 24.2 Å². The summed E-state index contributed by atoms with van der Waals surface area (Å²) in [6.45, 7) is 0.241. The number of fused-ring (bicyclic) bond motifs is 5. The summed E-state index contributed by atoms with van der Waals surface area (Å²) in [5.41, 5.74) is 1.70. The molecule has 1 saturated heterocycles. The summed E-state index contributed by atoms with van der Waals surface area (Å²) >= 11 is 0. The zero-order valence-corrected chi connectivity index (χ0v) is 16.5. The van der Waals surface area contributed by atoms with Gasteiger partial charge in [-0.05, 0) is 65.8 Å². The van der Waals surface area contributed by atoms with Crippen LogP contribution < -0.4 is 4.74 Å². The van der Waals surface area contributed by atoms with Crippen LogP contribution in [-0.4, -0.2) is 34.1 Å². The van der Waals surface area contributed by atoms with Gasteiger partial charge in [0.2, 0.25) is 0 Å². The van der Waals surface area contributed by atoms with Gasteiger partial charge in [-0.3, -0.25) is 9.59 Å². The van der Waals surface area contributed by atoms with Crippen LogP contribution in [0, 0.1) is 23.7 Å². The third-order valence-corrected chi connectivity index (χ3v) is 6.23. The fourth-order valence-corrected chi connectivity index (χ4v) is 4.74.